The zero-order valence-electron chi connectivity index (χ0n) is 16.2. The fraction of sp³-hybridized carbons (Fsp3) is 0.600. The molecule has 6 nitrogen and oxygen atoms in total. The topological polar surface area (TPSA) is 66.0 Å². The molecule has 26 heavy (non-hydrogen) atoms. The van der Waals surface area contributed by atoms with Crippen molar-refractivity contribution in [2.75, 3.05) is 45.9 Å². The van der Waals surface area contributed by atoms with Gasteiger partial charge in [-0.3, -0.25) is 9.79 Å². The summed E-state index contributed by atoms with van der Waals surface area (Å²) in [5.74, 6) is 1.16. The Morgan fingerprint density at radius 1 is 1.19 bits per heavy atom. The van der Waals surface area contributed by atoms with E-state index in [-0.39, 0.29) is 11.8 Å². The highest BCUT2D eigenvalue weighted by Gasteiger charge is 2.27. The summed E-state index contributed by atoms with van der Waals surface area (Å²) >= 11 is 0. The van der Waals surface area contributed by atoms with Crippen LogP contribution in [0.1, 0.15) is 32.3 Å². The van der Waals surface area contributed by atoms with Gasteiger partial charge in [-0.15, -0.1) is 0 Å². The Bertz CT molecular complexity index is 568. The maximum atomic E-state index is 13.1. The molecule has 144 valence electrons. The van der Waals surface area contributed by atoms with Gasteiger partial charge < -0.3 is 20.3 Å². The Morgan fingerprint density at radius 3 is 2.50 bits per heavy atom. The van der Waals surface area contributed by atoms with E-state index in [1.54, 1.807) is 0 Å². The molecule has 1 fully saturated rings. The van der Waals surface area contributed by atoms with Crippen molar-refractivity contribution in [1.29, 1.82) is 0 Å². The van der Waals surface area contributed by atoms with Crippen LogP contribution in [-0.4, -0.2) is 62.7 Å². The van der Waals surface area contributed by atoms with Gasteiger partial charge in [0, 0.05) is 32.7 Å². The van der Waals surface area contributed by atoms with Gasteiger partial charge in [0.2, 0.25) is 5.91 Å². The minimum Gasteiger partial charge on any atom is -0.378 e. The molecule has 1 aliphatic heterocycles. The van der Waals surface area contributed by atoms with Crippen LogP contribution in [0.15, 0.2) is 35.3 Å². The molecule has 1 aromatic rings. The highest BCUT2D eigenvalue weighted by molar-refractivity contribution is 5.86. The summed E-state index contributed by atoms with van der Waals surface area (Å²) in [6.07, 6.45) is 0. The summed E-state index contributed by atoms with van der Waals surface area (Å²) in [7, 11) is 0. The Morgan fingerprint density at radius 2 is 1.88 bits per heavy atom. The molecule has 1 aromatic carbocycles. The lowest BCUT2D eigenvalue weighted by Gasteiger charge is -2.31. The van der Waals surface area contributed by atoms with E-state index in [2.05, 4.69) is 29.5 Å². The average molecular weight is 361 g/mol. The number of aliphatic imine (C=N–C) groups is 1. The number of carbonyl (C=O) groups is 1. The molecule has 0 spiro atoms. The third-order valence-corrected chi connectivity index (χ3v) is 4.26. The van der Waals surface area contributed by atoms with Gasteiger partial charge in [-0.05, 0) is 18.4 Å². The third kappa shape index (κ3) is 6.33. The largest absolute Gasteiger partial charge is 0.378 e. The van der Waals surface area contributed by atoms with Crippen LogP contribution < -0.4 is 10.6 Å². The summed E-state index contributed by atoms with van der Waals surface area (Å²) in [6, 6.07) is 9.97. The fourth-order valence-electron chi connectivity index (χ4n) is 2.85. The van der Waals surface area contributed by atoms with Gasteiger partial charge >= 0.3 is 0 Å². The van der Waals surface area contributed by atoms with Crippen molar-refractivity contribution in [2.45, 2.75) is 26.7 Å². The summed E-state index contributed by atoms with van der Waals surface area (Å²) in [5.41, 5.74) is 1.02. The second-order valence-electron chi connectivity index (χ2n) is 6.90. The van der Waals surface area contributed by atoms with E-state index in [4.69, 9.17) is 4.74 Å². The lowest BCUT2D eigenvalue weighted by molar-refractivity contribution is -0.136. The van der Waals surface area contributed by atoms with Crippen molar-refractivity contribution in [3.05, 3.63) is 35.9 Å². The minimum atomic E-state index is -0.239. The second-order valence-corrected chi connectivity index (χ2v) is 6.90. The Kier molecular flexibility index (Phi) is 8.41. The van der Waals surface area contributed by atoms with Crippen LogP contribution in [0.5, 0.6) is 0 Å². The van der Waals surface area contributed by atoms with E-state index in [0.717, 1.165) is 24.6 Å². The molecule has 0 aromatic heterocycles. The van der Waals surface area contributed by atoms with Gasteiger partial charge in [0.1, 0.15) is 0 Å². The van der Waals surface area contributed by atoms with Gasteiger partial charge in [0.25, 0.3) is 0 Å². The molecule has 1 heterocycles. The average Bonchev–Trinajstić information content (AvgIpc) is 2.67. The van der Waals surface area contributed by atoms with Crippen LogP contribution in [-0.2, 0) is 9.53 Å². The maximum absolute atomic E-state index is 13.1. The van der Waals surface area contributed by atoms with E-state index in [0.29, 0.717) is 38.8 Å². The zero-order chi connectivity index (χ0) is 18.8. The first kappa shape index (κ1) is 20.2. The predicted molar refractivity (Wildman–Crippen MR) is 105 cm³/mol. The molecule has 0 bridgehead atoms. The van der Waals surface area contributed by atoms with Crippen LogP contribution >= 0.6 is 0 Å². The van der Waals surface area contributed by atoms with Crippen molar-refractivity contribution in [2.24, 2.45) is 10.9 Å². The molecule has 1 amide bonds. The summed E-state index contributed by atoms with van der Waals surface area (Å²) in [5, 5.41) is 6.61. The third-order valence-electron chi connectivity index (χ3n) is 4.26. The summed E-state index contributed by atoms with van der Waals surface area (Å²) < 4.78 is 5.38. The molecule has 1 atom stereocenters. The normalized spacial score (nSPS) is 16.5. The monoisotopic (exact) mass is 360 g/mol. The van der Waals surface area contributed by atoms with Crippen molar-refractivity contribution < 1.29 is 9.53 Å². The predicted octanol–water partition coefficient (Wildman–Crippen LogP) is 1.84. The van der Waals surface area contributed by atoms with Gasteiger partial charge in [0.05, 0.1) is 19.1 Å². The Hall–Kier alpha value is -2.08. The van der Waals surface area contributed by atoms with Crippen molar-refractivity contribution >= 4 is 11.9 Å². The highest BCUT2D eigenvalue weighted by Crippen LogP contribution is 2.18. The van der Waals surface area contributed by atoms with Crippen molar-refractivity contribution in [1.82, 2.24) is 15.5 Å². The van der Waals surface area contributed by atoms with E-state index < -0.39 is 0 Å². The molecule has 1 aliphatic rings. The summed E-state index contributed by atoms with van der Waals surface area (Å²) in [6.45, 7) is 10.9. The summed E-state index contributed by atoms with van der Waals surface area (Å²) in [4.78, 5) is 19.6. The maximum Gasteiger partial charge on any atom is 0.232 e. The Labute approximate surface area is 157 Å². The highest BCUT2D eigenvalue weighted by atomic mass is 16.5. The number of benzene rings is 1. The number of amides is 1. The van der Waals surface area contributed by atoms with Crippen LogP contribution in [0, 0.1) is 5.92 Å². The molecule has 1 saturated heterocycles. The second kappa shape index (κ2) is 10.8. The van der Waals surface area contributed by atoms with E-state index in [9.17, 15) is 4.79 Å². The first-order valence-corrected chi connectivity index (χ1v) is 9.55. The first-order valence-electron chi connectivity index (χ1n) is 9.55. The lowest BCUT2D eigenvalue weighted by Crippen LogP contribution is -2.47. The molecule has 0 aliphatic carbocycles. The lowest BCUT2D eigenvalue weighted by atomic mass is 9.97. The van der Waals surface area contributed by atoms with Gasteiger partial charge in [-0.1, -0.05) is 44.2 Å². The zero-order valence-corrected chi connectivity index (χ0v) is 16.2. The molecule has 0 saturated carbocycles. The Balaban J connectivity index is 2.10. The number of ether oxygens (including phenoxy) is 1. The van der Waals surface area contributed by atoms with Gasteiger partial charge in [-0.25, -0.2) is 0 Å². The quantitative estimate of drug-likeness (QED) is 0.575. The van der Waals surface area contributed by atoms with Gasteiger partial charge in [-0.2, -0.15) is 0 Å². The minimum absolute atomic E-state index is 0.145. The van der Waals surface area contributed by atoms with Crippen LogP contribution in [0.3, 0.4) is 0 Å². The van der Waals surface area contributed by atoms with Crippen LogP contribution in [0.2, 0.25) is 0 Å². The first-order chi connectivity index (χ1) is 12.6. The van der Waals surface area contributed by atoms with E-state index in [1.165, 1.54) is 0 Å². The van der Waals surface area contributed by atoms with Crippen molar-refractivity contribution in [3.8, 4) is 0 Å². The molecule has 2 N–H and O–H groups in total. The molecule has 0 radical (unpaired) electrons. The SMILES string of the molecule is CCNC(=NCC(C)C)NCC(C(=O)N1CCOCC1)c1ccccc1. The van der Waals surface area contributed by atoms with E-state index >= 15 is 0 Å². The molecular formula is C20H32N4O2. The number of morpholine rings is 1. The number of nitrogens with zero attached hydrogens (tertiary/aromatic N) is 2. The number of hydrogen-bond donors (Lipinski definition) is 2. The van der Waals surface area contributed by atoms with Crippen LogP contribution in [0.25, 0.3) is 0 Å². The fourth-order valence-corrected chi connectivity index (χ4v) is 2.85. The number of nitrogens with one attached hydrogen (secondary N) is 2. The van der Waals surface area contributed by atoms with E-state index in [1.807, 2.05) is 42.2 Å². The number of rotatable bonds is 7. The smallest absolute Gasteiger partial charge is 0.232 e. The van der Waals surface area contributed by atoms with Gasteiger partial charge in [0.15, 0.2) is 5.96 Å². The van der Waals surface area contributed by atoms with Crippen molar-refractivity contribution in [3.63, 3.8) is 0 Å². The number of hydrogen-bond acceptors (Lipinski definition) is 3. The molecule has 2 rings (SSSR count). The molecule has 1 unspecified atom stereocenters. The standard InChI is InChI=1S/C20H32N4O2/c1-4-21-20(22-14-16(2)3)23-15-18(17-8-6-5-7-9-17)19(25)24-10-12-26-13-11-24/h5-9,16,18H,4,10-15H2,1-3H3,(H2,21,22,23). The number of guanidine groups is 1. The molecule has 6 heteroatoms. The molecular weight excluding hydrogens is 328 g/mol. The number of carbonyl (C=O) groups excluding carboxylic acids is 1. The van der Waals surface area contributed by atoms with Crippen LogP contribution in [0.4, 0.5) is 0 Å².